The van der Waals surface area contributed by atoms with E-state index in [1.165, 1.54) is 11.3 Å². The van der Waals surface area contributed by atoms with Crippen LogP contribution in [0.2, 0.25) is 0 Å². The molecule has 0 spiro atoms. The molecule has 0 amide bonds. The van der Waals surface area contributed by atoms with E-state index >= 15 is 0 Å². The number of carbonyl (C=O) groups is 2. The van der Waals surface area contributed by atoms with E-state index in [0.29, 0.717) is 21.9 Å². The van der Waals surface area contributed by atoms with Crippen molar-refractivity contribution >= 4 is 40.1 Å². The molecule has 1 aliphatic heterocycles. The third kappa shape index (κ3) is 3.03. The molecule has 0 radical (unpaired) electrons. The summed E-state index contributed by atoms with van der Waals surface area (Å²) in [6.07, 6.45) is 3.72. The van der Waals surface area contributed by atoms with Gasteiger partial charge in [-0.05, 0) is 35.7 Å². The van der Waals surface area contributed by atoms with Crippen molar-refractivity contribution < 1.29 is 19.1 Å². The Morgan fingerprint density at radius 2 is 2.00 bits per heavy atom. The van der Waals surface area contributed by atoms with Gasteiger partial charge in [-0.1, -0.05) is 24.3 Å². The zero-order valence-corrected chi connectivity index (χ0v) is 16.2. The van der Waals surface area contributed by atoms with Crippen molar-refractivity contribution in [1.29, 1.82) is 0 Å². The number of fused-ring (bicyclic) bond motifs is 2. The van der Waals surface area contributed by atoms with Gasteiger partial charge in [-0.15, -0.1) is 11.3 Å². The van der Waals surface area contributed by atoms with Gasteiger partial charge in [0.05, 0.1) is 5.56 Å². The van der Waals surface area contributed by atoms with E-state index in [0.717, 1.165) is 16.5 Å². The van der Waals surface area contributed by atoms with Crippen molar-refractivity contribution in [3.05, 3.63) is 87.9 Å². The Morgan fingerprint density at radius 3 is 2.83 bits per heavy atom. The van der Waals surface area contributed by atoms with E-state index in [1.807, 2.05) is 47.5 Å². The Labute approximate surface area is 170 Å². The largest absolute Gasteiger partial charge is 0.452 e. The highest BCUT2D eigenvalue weighted by Gasteiger charge is 2.28. The molecule has 6 heteroatoms. The van der Waals surface area contributed by atoms with E-state index in [1.54, 1.807) is 36.4 Å². The van der Waals surface area contributed by atoms with E-state index in [4.69, 9.17) is 9.47 Å². The molecule has 1 aliphatic rings. The summed E-state index contributed by atoms with van der Waals surface area (Å²) in [5, 5.41) is 2.85. The predicted molar refractivity (Wildman–Crippen MR) is 112 cm³/mol. The lowest BCUT2D eigenvalue weighted by Crippen LogP contribution is -2.06. The molecule has 29 heavy (non-hydrogen) atoms. The maximum atomic E-state index is 12.8. The SMILES string of the molecule is Cn1cc(/C=C2\Oc3cc(OC(=O)c4cccs4)ccc3C2=O)c2ccccc21. The summed E-state index contributed by atoms with van der Waals surface area (Å²) in [4.78, 5) is 25.4. The Kier molecular flexibility index (Phi) is 4.07. The number of ether oxygens (including phenoxy) is 2. The van der Waals surface area contributed by atoms with E-state index in [9.17, 15) is 9.59 Å². The lowest BCUT2D eigenvalue weighted by Gasteiger charge is -2.04. The van der Waals surface area contributed by atoms with Crippen LogP contribution in [0.5, 0.6) is 11.5 Å². The van der Waals surface area contributed by atoms with Gasteiger partial charge in [0.2, 0.25) is 5.78 Å². The minimum Gasteiger partial charge on any atom is -0.452 e. The molecular weight excluding hydrogens is 386 g/mol. The number of ketones is 1. The number of Topliss-reactive ketones (excluding diaryl/α,β-unsaturated/α-hetero) is 1. The van der Waals surface area contributed by atoms with Crippen molar-refractivity contribution in [1.82, 2.24) is 4.57 Å². The summed E-state index contributed by atoms with van der Waals surface area (Å²) < 4.78 is 13.2. The van der Waals surface area contributed by atoms with Crippen molar-refractivity contribution in [3.8, 4) is 11.5 Å². The molecule has 0 unspecified atom stereocenters. The van der Waals surface area contributed by atoms with Gasteiger partial charge in [0, 0.05) is 35.8 Å². The Morgan fingerprint density at radius 1 is 1.14 bits per heavy atom. The molecule has 5 rings (SSSR count). The molecule has 4 aromatic rings. The molecule has 2 aromatic carbocycles. The first-order valence-electron chi connectivity index (χ1n) is 8.98. The average molecular weight is 401 g/mol. The highest BCUT2D eigenvalue weighted by atomic mass is 32.1. The van der Waals surface area contributed by atoms with Crippen LogP contribution in [-0.4, -0.2) is 16.3 Å². The molecule has 0 atom stereocenters. The summed E-state index contributed by atoms with van der Waals surface area (Å²) in [7, 11) is 1.96. The number of allylic oxidation sites excluding steroid dienone is 1. The molecular formula is C23H15NO4S. The number of carbonyl (C=O) groups excluding carboxylic acids is 2. The van der Waals surface area contributed by atoms with E-state index in [-0.39, 0.29) is 11.5 Å². The van der Waals surface area contributed by atoms with Crippen molar-refractivity contribution in [2.75, 3.05) is 0 Å². The molecule has 2 aromatic heterocycles. The van der Waals surface area contributed by atoms with Gasteiger partial charge in [0.15, 0.2) is 5.76 Å². The van der Waals surface area contributed by atoms with Gasteiger partial charge < -0.3 is 14.0 Å². The summed E-state index contributed by atoms with van der Waals surface area (Å²) in [6.45, 7) is 0. The molecule has 5 nitrogen and oxygen atoms in total. The molecule has 0 saturated heterocycles. The summed E-state index contributed by atoms with van der Waals surface area (Å²) in [5.41, 5.74) is 2.43. The van der Waals surface area contributed by atoms with Crippen LogP contribution in [0.15, 0.2) is 71.9 Å². The van der Waals surface area contributed by atoms with Crippen molar-refractivity contribution in [2.24, 2.45) is 7.05 Å². The maximum Gasteiger partial charge on any atom is 0.353 e. The predicted octanol–water partition coefficient (Wildman–Crippen LogP) is 5.08. The number of benzene rings is 2. The van der Waals surface area contributed by atoms with Crippen LogP contribution < -0.4 is 9.47 Å². The van der Waals surface area contributed by atoms with E-state index in [2.05, 4.69) is 0 Å². The fraction of sp³-hybridized carbons (Fsp3) is 0.0435. The first-order valence-corrected chi connectivity index (χ1v) is 9.86. The molecule has 142 valence electrons. The minimum atomic E-state index is -0.434. The molecule has 0 bridgehead atoms. The van der Waals surface area contributed by atoms with Gasteiger partial charge in [0.1, 0.15) is 16.4 Å². The summed E-state index contributed by atoms with van der Waals surface area (Å²) in [5.74, 6) is 0.345. The smallest absolute Gasteiger partial charge is 0.353 e. The fourth-order valence-corrected chi connectivity index (χ4v) is 4.01. The number of esters is 1. The second-order valence-corrected chi connectivity index (χ2v) is 7.62. The summed E-state index contributed by atoms with van der Waals surface area (Å²) >= 11 is 1.31. The molecule has 3 heterocycles. The number of hydrogen-bond donors (Lipinski definition) is 0. The summed E-state index contributed by atoms with van der Waals surface area (Å²) in [6, 6.07) is 16.3. The van der Waals surface area contributed by atoms with Crippen LogP contribution in [0.3, 0.4) is 0 Å². The average Bonchev–Trinajstić information content (AvgIpc) is 3.43. The quantitative estimate of drug-likeness (QED) is 0.273. The topological polar surface area (TPSA) is 57.5 Å². The van der Waals surface area contributed by atoms with Gasteiger partial charge >= 0.3 is 5.97 Å². The van der Waals surface area contributed by atoms with Crippen LogP contribution >= 0.6 is 11.3 Å². The van der Waals surface area contributed by atoms with Gasteiger partial charge in [-0.25, -0.2) is 4.79 Å². The van der Waals surface area contributed by atoms with Gasteiger partial charge in [-0.3, -0.25) is 4.79 Å². The molecule has 0 saturated carbocycles. The van der Waals surface area contributed by atoms with Gasteiger partial charge in [-0.2, -0.15) is 0 Å². The van der Waals surface area contributed by atoms with Crippen molar-refractivity contribution in [2.45, 2.75) is 0 Å². The Bertz CT molecular complexity index is 1300. The zero-order chi connectivity index (χ0) is 20.0. The molecule has 0 fully saturated rings. The number of thiophene rings is 1. The number of hydrogen-bond acceptors (Lipinski definition) is 5. The van der Waals surface area contributed by atoms with Gasteiger partial charge in [0.25, 0.3) is 0 Å². The third-order valence-electron chi connectivity index (χ3n) is 4.79. The van der Waals surface area contributed by atoms with Crippen LogP contribution in [0.1, 0.15) is 25.6 Å². The maximum absolute atomic E-state index is 12.8. The Balaban J connectivity index is 1.44. The number of nitrogens with zero attached hydrogens (tertiary/aromatic N) is 1. The fourth-order valence-electron chi connectivity index (χ4n) is 3.41. The van der Waals surface area contributed by atoms with Crippen molar-refractivity contribution in [3.63, 3.8) is 0 Å². The lowest BCUT2D eigenvalue weighted by molar-refractivity contribution is 0.0739. The molecule has 0 aliphatic carbocycles. The number of aryl methyl sites for hydroxylation is 1. The Hall–Kier alpha value is -3.64. The highest BCUT2D eigenvalue weighted by molar-refractivity contribution is 7.12. The van der Waals surface area contributed by atoms with Crippen LogP contribution in [-0.2, 0) is 7.05 Å². The van der Waals surface area contributed by atoms with Crippen LogP contribution in [0, 0.1) is 0 Å². The third-order valence-corrected chi connectivity index (χ3v) is 5.64. The monoisotopic (exact) mass is 401 g/mol. The number of rotatable bonds is 3. The highest BCUT2D eigenvalue weighted by Crippen LogP contribution is 2.36. The number of aromatic nitrogens is 1. The van der Waals surface area contributed by atoms with E-state index < -0.39 is 5.97 Å². The second kappa shape index (κ2) is 6.76. The van der Waals surface area contributed by atoms with Crippen LogP contribution in [0.4, 0.5) is 0 Å². The first-order chi connectivity index (χ1) is 14.1. The standard InChI is InChI=1S/C23H15NO4S/c1-24-13-14(16-5-2-3-6-18(16)24)11-20-22(25)17-9-8-15(12-19(17)28-20)27-23(26)21-7-4-10-29-21/h2-13H,1H3/b20-11-. The zero-order valence-electron chi connectivity index (χ0n) is 15.4. The minimum absolute atomic E-state index is 0.191. The molecule has 0 N–H and O–H groups in total. The lowest BCUT2D eigenvalue weighted by atomic mass is 10.1. The first kappa shape index (κ1) is 17.5. The van der Waals surface area contributed by atoms with Crippen LogP contribution in [0.25, 0.3) is 17.0 Å². The number of para-hydroxylation sites is 1. The second-order valence-electron chi connectivity index (χ2n) is 6.68. The normalized spacial score (nSPS) is 14.2.